The number of carbonyl (C=O) groups excluding carboxylic acids is 1. The van der Waals surface area contributed by atoms with Gasteiger partial charge < -0.3 is 5.32 Å². The van der Waals surface area contributed by atoms with E-state index in [-0.39, 0.29) is 5.91 Å². The number of aromatic nitrogens is 2. The Hall–Kier alpha value is -1.03. The molecular weight excluding hydrogens is 238 g/mol. The summed E-state index contributed by atoms with van der Waals surface area (Å²) in [4.78, 5) is 11.5. The summed E-state index contributed by atoms with van der Waals surface area (Å²) in [5.74, 6) is 0.0770. The van der Waals surface area contributed by atoms with Crippen LogP contribution in [0, 0.1) is 0 Å². The Morgan fingerprint density at radius 3 is 2.94 bits per heavy atom. The second-order valence-electron chi connectivity index (χ2n) is 4.08. The molecule has 0 aliphatic rings. The van der Waals surface area contributed by atoms with Crippen LogP contribution in [0.15, 0.2) is 12.4 Å². The van der Waals surface area contributed by atoms with Gasteiger partial charge >= 0.3 is 0 Å². The number of nitrogens with zero attached hydrogens (tertiary/aromatic N) is 2. The molecule has 0 bridgehead atoms. The topological polar surface area (TPSA) is 46.9 Å². The average Bonchev–Trinajstić information content (AvgIpc) is 2.72. The molecule has 1 aromatic heterocycles. The number of unbranched alkanes of at least 4 members (excludes halogenated alkanes) is 3. The molecule has 1 N–H and O–H groups in total. The van der Waals surface area contributed by atoms with E-state index in [4.69, 9.17) is 11.6 Å². The molecule has 0 radical (unpaired) electrons. The van der Waals surface area contributed by atoms with Crippen molar-refractivity contribution in [3.05, 3.63) is 17.4 Å². The molecule has 4 nitrogen and oxygen atoms in total. The summed E-state index contributed by atoms with van der Waals surface area (Å²) >= 11 is 5.72. The minimum atomic E-state index is 0.0770. The fourth-order valence-corrected chi connectivity index (χ4v) is 1.70. The third kappa shape index (κ3) is 6.31. The number of aryl methyl sites for hydroxylation is 1. The molecule has 17 heavy (non-hydrogen) atoms. The van der Waals surface area contributed by atoms with E-state index in [0.29, 0.717) is 18.0 Å². The highest BCUT2D eigenvalue weighted by atomic mass is 35.5. The zero-order valence-corrected chi connectivity index (χ0v) is 11.0. The van der Waals surface area contributed by atoms with Gasteiger partial charge in [-0.25, -0.2) is 0 Å². The Balaban J connectivity index is 2.05. The highest BCUT2D eigenvalue weighted by Crippen LogP contribution is 2.04. The van der Waals surface area contributed by atoms with Crippen LogP contribution in [0.1, 0.15) is 39.0 Å². The maximum Gasteiger partial charge on any atom is 0.221 e. The van der Waals surface area contributed by atoms with Crippen LogP contribution in [-0.4, -0.2) is 22.2 Å². The van der Waals surface area contributed by atoms with Crippen LogP contribution in [0.5, 0.6) is 0 Å². The first-order valence-electron chi connectivity index (χ1n) is 6.17. The van der Waals surface area contributed by atoms with Gasteiger partial charge in [0.2, 0.25) is 5.91 Å². The standard InChI is InChI=1S/C12H20ClN3O/c1-2-3-4-5-7-14-12(17)6-8-16-10-11(13)9-15-16/h9-10H,2-8H2,1H3,(H,14,17). The second-order valence-corrected chi connectivity index (χ2v) is 4.52. The number of rotatable bonds is 8. The van der Waals surface area contributed by atoms with Crippen molar-refractivity contribution < 1.29 is 4.79 Å². The maximum atomic E-state index is 11.5. The van der Waals surface area contributed by atoms with E-state index in [0.717, 1.165) is 13.0 Å². The number of nitrogens with one attached hydrogen (secondary N) is 1. The van der Waals surface area contributed by atoms with Gasteiger partial charge in [0.15, 0.2) is 0 Å². The van der Waals surface area contributed by atoms with Gasteiger partial charge in [-0.2, -0.15) is 5.10 Å². The minimum Gasteiger partial charge on any atom is -0.356 e. The quantitative estimate of drug-likeness (QED) is 0.728. The van der Waals surface area contributed by atoms with Crippen molar-refractivity contribution in [2.45, 2.75) is 45.6 Å². The highest BCUT2D eigenvalue weighted by Gasteiger charge is 2.02. The van der Waals surface area contributed by atoms with Crippen LogP contribution < -0.4 is 5.32 Å². The second kappa shape index (κ2) is 8.12. The molecule has 0 aromatic carbocycles. The van der Waals surface area contributed by atoms with Gasteiger partial charge in [0.1, 0.15) is 0 Å². The fourth-order valence-electron chi connectivity index (χ4n) is 1.54. The van der Waals surface area contributed by atoms with E-state index in [1.807, 2.05) is 0 Å². The lowest BCUT2D eigenvalue weighted by Gasteiger charge is -2.05. The molecule has 0 fully saturated rings. The van der Waals surface area contributed by atoms with Crippen molar-refractivity contribution in [3.63, 3.8) is 0 Å². The zero-order valence-electron chi connectivity index (χ0n) is 10.3. The first-order valence-corrected chi connectivity index (χ1v) is 6.55. The maximum absolute atomic E-state index is 11.5. The van der Waals surface area contributed by atoms with Crippen LogP contribution >= 0.6 is 11.6 Å². The lowest BCUT2D eigenvalue weighted by Crippen LogP contribution is -2.25. The first-order chi connectivity index (χ1) is 8.22. The van der Waals surface area contributed by atoms with Crippen molar-refractivity contribution in [2.24, 2.45) is 0 Å². The molecule has 1 aromatic rings. The molecule has 96 valence electrons. The van der Waals surface area contributed by atoms with E-state index >= 15 is 0 Å². The van der Waals surface area contributed by atoms with E-state index in [1.165, 1.54) is 19.3 Å². The van der Waals surface area contributed by atoms with Gasteiger partial charge in [0.05, 0.1) is 11.2 Å². The van der Waals surface area contributed by atoms with Crippen LogP contribution in [0.3, 0.4) is 0 Å². The van der Waals surface area contributed by atoms with Crippen molar-refractivity contribution in [1.82, 2.24) is 15.1 Å². The van der Waals surface area contributed by atoms with Gasteiger partial charge in [-0.3, -0.25) is 9.48 Å². The summed E-state index contributed by atoms with van der Waals surface area (Å²) in [6.45, 7) is 3.53. The summed E-state index contributed by atoms with van der Waals surface area (Å²) in [6, 6.07) is 0. The van der Waals surface area contributed by atoms with E-state index in [2.05, 4.69) is 17.3 Å². The zero-order chi connectivity index (χ0) is 12.5. The summed E-state index contributed by atoms with van der Waals surface area (Å²) in [7, 11) is 0. The molecule has 5 heteroatoms. The SMILES string of the molecule is CCCCCCNC(=O)CCn1cc(Cl)cn1. The van der Waals surface area contributed by atoms with Gasteiger partial charge in [-0.05, 0) is 6.42 Å². The molecule has 0 aliphatic carbocycles. The van der Waals surface area contributed by atoms with Crippen molar-refractivity contribution in [2.75, 3.05) is 6.54 Å². The molecule has 0 saturated heterocycles. The number of halogens is 1. The Bertz CT molecular complexity index is 338. The number of hydrogen-bond acceptors (Lipinski definition) is 2. The van der Waals surface area contributed by atoms with Gasteiger partial charge in [-0.1, -0.05) is 37.8 Å². The van der Waals surface area contributed by atoms with Crippen LogP contribution in [0.25, 0.3) is 0 Å². The Labute approximate surface area is 107 Å². The van der Waals surface area contributed by atoms with Gasteiger partial charge in [0.25, 0.3) is 0 Å². The Morgan fingerprint density at radius 2 is 2.29 bits per heavy atom. The summed E-state index contributed by atoms with van der Waals surface area (Å²) in [5.41, 5.74) is 0. The molecule has 0 aliphatic heterocycles. The van der Waals surface area contributed by atoms with Crippen LogP contribution in [0.4, 0.5) is 0 Å². The Morgan fingerprint density at radius 1 is 1.47 bits per heavy atom. The normalized spacial score (nSPS) is 10.5. The summed E-state index contributed by atoms with van der Waals surface area (Å²) < 4.78 is 1.68. The summed E-state index contributed by atoms with van der Waals surface area (Å²) in [6.07, 6.45) is 8.44. The highest BCUT2D eigenvalue weighted by molar-refractivity contribution is 6.30. The molecule has 0 unspecified atom stereocenters. The first kappa shape index (κ1) is 14.0. The molecule has 1 amide bonds. The Kier molecular flexibility index (Phi) is 6.70. The smallest absolute Gasteiger partial charge is 0.221 e. The third-order valence-electron chi connectivity index (χ3n) is 2.52. The van der Waals surface area contributed by atoms with E-state index < -0.39 is 0 Å². The van der Waals surface area contributed by atoms with Gasteiger partial charge in [-0.15, -0.1) is 0 Å². The number of carbonyl (C=O) groups is 1. The number of amides is 1. The van der Waals surface area contributed by atoms with Crippen LogP contribution in [-0.2, 0) is 11.3 Å². The molecule has 0 atom stereocenters. The predicted octanol–water partition coefficient (Wildman–Crippen LogP) is 2.62. The molecular formula is C12H20ClN3O. The van der Waals surface area contributed by atoms with E-state index in [9.17, 15) is 4.79 Å². The fraction of sp³-hybridized carbons (Fsp3) is 0.667. The van der Waals surface area contributed by atoms with Crippen LogP contribution in [0.2, 0.25) is 5.02 Å². The average molecular weight is 258 g/mol. The largest absolute Gasteiger partial charge is 0.356 e. The van der Waals surface area contributed by atoms with Crippen molar-refractivity contribution in [1.29, 1.82) is 0 Å². The molecule has 0 saturated carbocycles. The van der Waals surface area contributed by atoms with E-state index in [1.54, 1.807) is 17.1 Å². The molecule has 1 rings (SSSR count). The summed E-state index contributed by atoms with van der Waals surface area (Å²) in [5, 5.41) is 7.52. The number of hydrogen-bond donors (Lipinski definition) is 1. The monoisotopic (exact) mass is 257 g/mol. The van der Waals surface area contributed by atoms with Crippen molar-refractivity contribution >= 4 is 17.5 Å². The third-order valence-corrected chi connectivity index (χ3v) is 2.72. The molecule has 0 spiro atoms. The van der Waals surface area contributed by atoms with Crippen molar-refractivity contribution in [3.8, 4) is 0 Å². The molecule has 1 heterocycles. The van der Waals surface area contributed by atoms with Gasteiger partial charge in [0, 0.05) is 25.7 Å². The lowest BCUT2D eigenvalue weighted by molar-refractivity contribution is -0.121. The predicted molar refractivity (Wildman–Crippen MR) is 69.0 cm³/mol. The minimum absolute atomic E-state index is 0.0770. The lowest BCUT2D eigenvalue weighted by atomic mass is 10.2.